The monoisotopic (exact) mass is 258 g/mol. The third-order valence-electron chi connectivity index (χ3n) is 2.86. The number of ether oxygens (including phenoxy) is 1. The summed E-state index contributed by atoms with van der Waals surface area (Å²) in [6.07, 6.45) is -1.05. The highest BCUT2D eigenvalue weighted by Crippen LogP contribution is 2.25. The average molecular weight is 258 g/mol. The SMILES string of the molecule is Nc1ncn(CC2(O)COC(CO)C2O)c(=O)n1. The van der Waals surface area contributed by atoms with Crippen molar-refractivity contribution >= 4 is 5.95 Å². The molecule has 0 spiro atoms. The number of hydrogen-bond donors (Lipinski definition) is 4. The molecule has 0 bridgehead atoms. The minimum atomic E-state index is -1.67. The smallest absolute Gasteiger partial charge is 0.352 e. The lowest BCUT2D eigenvalue weighted by Crippen LogP contribution is -2.49. The molecule has 18 heavy (non-hydrogen) atoms. The van der Waals surface area contributed by atoms with Crippen molar-refractivity contribution in [2.24, 2.45) is 0 Å². The van der Waals surface area contributed by atoms with Crippen LogP contribution < -0.4 is 11.4 Å². The number of hydrogen-bond acceptors (Lipinski definition) is 8. The number of nitrogens with zero attached hydrogens (tertiary/aromatic N) is 3. The van der Waals surface area contributed by atoms with Gasteiger partial charge < -0.3 is 25.8 Å². The Bertz CT molecular complexity index is 492. The van der Waals surface area contributed by atoms with Gasteiger partial charge in [0.25, 0.3) is 0 Å². The Morgan fingerprint density at radius 3 is 2.94 bits per heavy atom. The van der Waals surface area contributed by atoms with E-state index in [9.17, 15) is 15.0 Å². The number of rotatable bonds is 3. The van der Waals surface area contributed by atoms with E-state index in [-0.39, 0.29) is 19.1 Å². The summed E-state index contributed by atoms with van der Waals surface area (Å²) in [5, 5.41) is 28.9. The molecule has 0 aliphatic carbocycles. The second kappa shape index (κ2) is 4.61. The maximum atomic E-state index is 11.5. The summed E-state index contributed by atoms with van der Waals surface area (Å²) in [6.45, 7) is -0.864. The summed E-state index contributed by atoms with van der Waals surface area (Å²) < 4.78 is 6.05. The molecule has 9 nitrogen and oxygen atoms in total. The number of nitrogens with two attached hydrogens (primary N) is 1. The number of aliphatic hydroxyl groups excluding tert-OH is 2. The molecule has 1 saturated heterocycles. The third-order valence-corrected chi connectivity index (χ3v) is 2.86. The molecule has 1 aromatic rings. The van der Waals surface area contributed by atoms with Crippen LogP contribution in [0.15, 0.2) is 11.1 Å². The normalized spacial score (nSPS) is 31.7. The minimum absolute atomic E-state index is 0.167. The molecule has 0 amide bonds. The Morgan fingerprint density at radius 1 is 1.67 bits per heavy atom. The second-order valence-corrected chi connectivity index (χ2v) is 4.21. The van der Waals surface area contributed by atoms with Crippen LogP contribution in [0.5, 0.6) is 0 Å². The molecule has 1 aromatic heterocycles. The van der Waals surface area contributed by atoms with Gasteiger partial charge >= 0.3 is 5.69 Å². The van der Waals surface area contributed by atoms with Crippen molar-refractivity contribution in [2.45, 2.75) is 24.4 Å². The predicted octanol–water partition coefficient (Wildman–Crippen LogP) is -3.30. The predicted molar refractivity (Wildman–Crippen MR) is 58.5 cm³/mol. The van der Waals surface area contributed by atoms with Gasteiger partial charge in [0.15, 0.2) is 0 Å². The van der Waals surface area contributed by atoms with Gasteiger partial charge in [-0.3, -0.25) is 4.57 Å². The van der Waals surface area contributed by atoms with Crippen LogP contribution in [-0.4, -0.2) is 60.9 Å². The van der Waals surface area contributed by atoms with E-state index in [1.807, 2.05) is 0 Å². The largest absolute Gasteiger partial charge is 0.394 e. The fourth-order valence-electron chi connectivity index (χ4n) is 1.84. The summed E-state index contributed by atoms with van der Waals surface area (Å²) in [7, 11) is 0. The third kappa shape index (κ3) is 2.20. The van der Waals surface area contributed by atoms with Crippen LogP contribution in [0.2, 0.25) is 0 Å². The van der Waals surface area contributed by atoms with Crippen molar-refractivity contribution < 1.29 is 20.1 Å². The minimum Gasteiger partial charge on any atom is -0.394 e. The van der Waals surface area contributed by atoms with E-state index in [0.29, 0.717) is 0 Å². The van der Waals surface area contributed by atoms with Crippen LogP contribution in [0.4, 0.5) is 5.95 Å². The summed E-state index contributed by atoms with van der Waals surface area (Å²) in [4.78, 5) is 18.5. The van der Waals surface area contributed by atoms with E-state index in [4.69, 9.17) is 15.6 Å². The van der Waals surface area contributed by atoms with E-state index in [0.717, 1.165) is 10.9 Å². The van der Waals surface area contributed by atoms with Gasteiger partial charge in [-0.05, 0) is 0 Å². The lowest BCUT2D eigenvalue weighted by Gasteiger charge is -2.26. The highest BCUT2D eigenvalue weighted by molar-refractivity contribution is 5.10. The fraction of sp³-hybridized carbons (Fsp3) is 0.667. The molecular formula is C9H14N4O5. The molecule has 0 saturated carbocycles. The molecule has 9 heteroatoms. The van der Waals surface area contributed by atoms with E-state index in [2.05, 4.69) is 9.97 Å². The Morgan fingerprint density at radius 2 is 2.39 bits per heavy atom. The van der Waals surface area contributed by atoms with Gasteiger partial charge in [0.2, 0.25) is 5.95 Å². The van der Waals surface area contributed by atoms with E-state index in [1.54, 1.807) is 0 Å². The lowest BCUT2D eigenvalue weighted by molar-refractivity contribution is -0.0657. The topological polar surface area (TPSA) is 144 Å². The van der Waals surface area contributed by atoms with Gasteiger partial charge in [-0.2, -0.15) is 4.98 Å². The van der Waals surface area contributed by atoms with Crippen molar-refractivity contribution in [1.82, 2.24) is 14.5 Å². The van der Waals surface area contributed by atoms with E-state index >= 15 is 0 Å². The first kappa shape index (κ1) is 12.9. The standard InChI is InChI=1S/C9H14N4O5/c10-7-11-4-13(8(16)12-7)2-9(17)3-18-5(1-14)6(9)15/h4-6,14-15,17H,1-3H2,(H2,10,12,16). The Balaban J connectivity index is 2.21. The number of anilines is 1. The Kier molecular flexibility index (Phi) is 3.30. The molecule has 3 unspecified atom stereocenters. The summed E-state index contributed by atoms with van der Waals surface area (Å²) >= 11 is 0. The van der Waals surface area contributed by atoms with Crippen LogP contribution in [0.3, 0.4) is 0 Å². The molecule has 0 aromatic carbocycles. The number of aromatic nitrogens is 3. The van der Waals surface area contributed by atoms with Crippen LogP contribution in [-0.2, 0) is 11.3 Å². The zero-order valence-electron chi connectivity index (χ0n) is 9.43. The molecule has 3 atom stereocenters. The number of aliphatic hydroxyl groups is 3. The first-order chi connectivity index (χ1) is 8.46. The molecule has 1 fully saturated rings. The maximum absolute atomic E-state index is 11.5. The van der Waals surface area contributed by atoms with Gasteiger partial charge in [0, 0.05) is 0 Å². The second-order valence-electron chi connectivity index (χ2n) is 4.21. The van der Waals surface area contributed by atoms with Crippen molar-refractivity contribution in [3.63, 3.8) is 0 Å². The maximum Gasteiger partial charge on any atom is 0.352 e. The van der Waals surface area contributed by atoms with Crippen LogP contribution in [0, 0.1) is 0 Å². The van der Waals surface area contributed by atoms with Gasteiger partial charge in [-0.15, -0.1) is 0 Å². The molecule has 2 rings (SSSR count). The Labute approximate surface area is 101 Å². The highest BCUT2D eigenvalue weighted by atomic mass is 16.5. The summed E-state index contributed by atoms with van der Waals surface area (Å²) in [5.74, 6) is -0.167. The van der Waals surface area contributed by atoms with Crippen LogP contribution >= 0.6 is 0 Å². The van der Waals surface area contributed by atoms with E-state index in [1.165, 1.54) is 0 Å². The van der Waals surface area contributed by atoms with E-state index < -0.39 is 30.1 Å². The van der Waals surface area contributed by atoms with Gasteiger partial charge in [0.05, 0.1) is 19.8 Å². The van der Waals surface area contributed by atoms with Crippen molar-refractivity contribution in [3.8, 4) is 0 Å². The van der Waals surface area contributed by atoms with Crippen molar-refractivity contribution in [3.05, 3.63) is 16.8 Å². The van der Waals surface area contributed by atoms with Crippen LogP contribution in [0.1, 0.15) is 0 Å². The van der Waals surface area contributed by atoms with Gasteiger partial charge in [0.1, 0.15) is 24.1 Å². The average Bonchev–Trinajstić information content (AvgIpc) is 2.60. The first-order valence-electron chi connectivity index (χ1n) is 5.28. The molecular weight excluding hydrogens is 244 g/mol. The van der Waals surface area contributed by atoms with Crippen molar-refractivity contribution in [2.75, 3.05) is 18.9 Å². The fourth-order valence-corrected chi connectivity index (χ4v) is 1.84. The zero-order valence-corrected chi connectivity index (χ0v) is 9.43. The number of nitrogen functional groups attached to an aromatic ring is 1. The van der Waals surface area contributed by atoms with Crippen LogP contribution in [0.25, 0.3) is 0 Å². The summed E-state index contributed by atoms with van der Waals surface area (Å²) in [5.41, 5.74) is 2.88. The molecule has 1 aliphatic rings. The summed E-state index contributed by atoms with van der Waals surface area (Å²) in [6, 6.07) is 0. The molecule has 5 N–H and O–H groups in total. The highest BCUT2D eigenvalue weighted by Gasteiger charge is 2.48. The first-order valence-corrected chi connectivity index (χ1v) is 5.28. The Hall–Kier alpha value is -1.55. The molecule has 0 radical (unpaired) electrons. The molecule has 1 aliphatic heterocycles. The lowest BCUT2D eigenvalue weighted by atomic mass is 9.97. The van der Waals surface area contributed by atoms with Crippen molar-refractivity contribution in [1.29, 1.82) is 0 Å². The van der Waals surface area contributed by atoms with Gasteiger partial charge in [-0.25, -0.2) is 9.78 Å². The van der Waals surface area contributed by atoms with Gasteiger partial charge in [-0.1, -0.05) is 0 Å². The quantitative estimate of drug-likeness (QED) is 0.441. The zero-order chi connectivity index (χ0) is 13.3. The molecule has 2 heterocycles. The molecule has 100 valence electrons.